The number of carbonyl (C=O) groups is 1. The third kappa shape index (κ3) is 6.20. The van der Waals surface area contributed by atoms with Gasteiger partial charge in [-0.15, -0.1) is 0 Å². The van der Waals surface area contributed by atoms with E-state index in [-0.39, 0.29) is 26.9 Å². The summed E-state index contributed by atoms with van der Waals surface area (Å²) in [6.07, 6.45) is 2.57. The lowest BCUT2D eigenvalue weighted by atomic mass is 10.2. The molecule has 0 radical (unpaired) electrons. The highest BCUT2D eigenvalue weighted by Crippen LogP contribution is 2.31. The molecule has 0 aliphatic carbocycles. The highest BCUT2D eigenvalue weighted by Gasteiger charge is 2.29. The van der Waals surface area contributed by atoms with Crippen molar-refractivity contribution >= 4 is 53.3 Å². The van der Waals surface area contributed by atoms with E-state index in [9.17, 15) is 21.6 Å². The van der Waals surface area contributed by atoms with E-state index < -0.39 is 32.5 Å². The predicted octanol–water partition coefficient (Wildman–Crippen LogP) is 4.47. The molecule has 0 spiro atoms. The van der Waals surface area contributed by atoms with Crippen LogP contribution in [0.15, 0.2) is 87.1 Å². The van der Waals surface area contributed by atoms with Crippen molar-refractivity contribution in [1.29, 1.82) is 0 Å². The van der Waals surface area contributed by atoms with Gasteiger partial charge in [0.1, 0.15) is 12.3 Å². The number of anilines is 2. The molecule has 1 fully saturated rings. The van der Waals surface area contributed by atoms with Gasteiger partial charge in [0.05, 0.1) is 28.3 Å². The number of hydrogen-bond acceptors (Lipinski definition) is 6. The SMILES string of the molecule is COc1ccc(S(=O)(=O)N2CCCCC2)cc1NC(=O)CN(c1cccc(Br)c1)S(=O)(=O)c1ccccc1. The third-order valence-electron chi connectivity index (χ3n) is 6.11. The summed E-state index contributed by atoms with van der Waals surface area (Å²) < 4.78 is 61.9. The first-order valence-electron chi connectivity index (χ1n) is 11.9. The van der Waals surface area contributed by atoms with E-state index >= 15 is 0 Å². The number of amides is 1. The number of nitrogens with zero attached hydrogens (tertiary/aromatic N) is 2. The Morgan fingerprint density at radius 1 is 0.921 bits per heavy atom. The van der Waals surface area contributed by atoms with Gasteiger partial charge in [-0.1, -0.05) is 46.6 Å². The summed E-state index contributed by atoms with van der Waals surface area (Å²) in [4.78, 5) is 13.3. The summed E-state index contributed by atoms with van der Waals surface area (Å²) in [6, 6.07) is 18.7. The number of halogens is 1. The Kier molecular flexibility index (Phi) is 8.76. The molecule has 0 bridgehead atoms. The maximum absolute atomic E-state index is 13.5. The molecule has 38 heavy (non-hydrogen) atoms. The lowest BCUT2D eigenvalue weighted by molar-refractivity contribution is -0.114. The van der Waals surface area contributed by atoms with Crippen molar-refractivity contribution in [1.82, 2.24) is 4.31 Å². The Bertz CT molecular complexity index is 1510. The number of benzene rings is 3. The highest BCUT2D eigenvalue weighted by molar-refractivity contribution is 9.10. The van der Waals surface area contributed by atoms with Crippen molar-refractivity contribution in [3.05, 3.63) is 77.3 Å². The topological polar surface area (TPSA) is 113 Å². The van der Waals surface area contributed by atoms with E-state index in [1.165, 1.54) is 41.7 Å². The summed E-state index contributed by atoms with van der Waals surface area (Å²) in [6.45, 7) is 0.323. The molecule has 1 aliphatic rings. The van der Waals surface area contributed by atoms with E-state index in [0.29, 0.717) is 17.6 Å². The number of sulfonamides is 2. The van der Waals surface area contributed by atoms with Crippen molar-refractivity contribution in [3.8, 4) is 5.75 Å². The Hall–Kier alpha value is -2.93. The largest absolute Gasteiger partial charge is 0.495 e. The van der Waals surface area contributed by atoms with Crippen LogP contribution < -0.4 is 14.4 Å². The zero-order valence-corrected chi connectivity index (χ0v) is 23.9. The van der Waals surface area contributed by atoms with Crippen LogP contribution in [0.1, 0.15) is 19.3 Å². The van der Waals surface area contributed by atoms with Crippen LogP contribution in [0.25, 0.3) is 0 Å². The summed E-state index contributed by atoms with van der Waals surface area (Å²) in [5, 5.41) is 2.65. The number of piperidine rings is 1. The standard InChI is InChI=1S/C26H28BrN3O6S2/c1-36-25-14-13-23(37(32,33)29-15-6-3-7-16-29)18-24(25)28-26(31)19-30(21-10-8-9-20(27)17-21)38(34,35)22-11-4-2-5-12-22/h2,4-5,8-14,17-18H,3,6-7,15-16,19H2,1H3,(H,28,31). The van der Waals surface area contributed by atoms with Crippen molar-refractivity contribution in [3.63, 3.8) is 0 Å². The average Bonchev–Trinajstić information content (AvgIpc) is 2.92. The summed E-state index contributed by atoms with van der Waals surface area (Å²) in [5.41, 5.74) is 0.411. The van der Waals surface area contributed by atoms with Gasteiger partial charge in [0.15, 0.2) is 0 Å². The highest BCUT2D eigenvalue weighted by atomic mass is 79.9. The van der Waals surface area contributed by atoms with Crippen molar-refractivity contribution in [2.75, 3.05) is 36.4 Å². The van der Waals surface area contributed by atoms with Crippen LogP contribution in [-0.4, -0.2) is 53.8 Å². The van der Waals surface area contributed by atoms with Crippen molar-refractivity contribution in [2.24, 2.45) is 0 Å². The number of rotatable bonds is 9. The monoisotopic (exact) mass is 621 g/mol. The summed E-state index contributed by atoms with van der Waals surface area (Å²) in [7, 11) is -6.46. The van der Waals surface area contributed by atoms with Gasteiger partial charge in [-0.3, -0.25) is 9.10 Å². The smallest absolute Gasteiger partial charge is 0.264 e. The second-order valence-corrected chi connectivity index (χ2v) is 13.4. The van der Waals surface area contributed by atoms with Crippen LogP contribution in [0.3, 0.4) is 0 Å². The third-order valence-corrected chi connectivity index (χ3v) is 10.3. The molecular formula is C26H28BrN3O6S2. The van der Waals surface area contributed by atoms with E-state index in [0.717, 1.165) is 23.6 Å². The van der Waals surface area contributed by atoms with Gasteiger partial charge in [0.2, 0.25) is 15.9 Å². The number of carbonyl (C=O) groups excluding carboxylic acids is 1. The molecule has 0 unspecified atom stereocenters. The minimum absolute atomic E-state index is 0.0243. The lowest BCUT2D eigenvalue weighted by Gasteiger charge is -2.26. The van der Waals surface area contributed by atoms with E-state index in [2.05, 4.69) is 21.2 Å². The summed E-state index contributed by atoms with van der Waals surface area (Å²) in [5.74, 6) is -0.425. The zero-order chi connectivity index (χ0) is 27.3. The van der Waals surface area contributed by atoms with Crippen molar-refractivity contribution < 1.29 is 26.4 Å². The normalized spacial score (nSPS) is 14.6. The average molecular weight is 623 g/mol. The lowest BCUT2D eigenvalue weighted by Crippen LogP contribution is -2.38. The number of hydrogen-bond donors (Lipinski definition) is 1. The van der Waals surface area contributed by atoms with Crippen LogP contribution in [0.5, 0.6) is 5.75 Å². The first-order valence-corrected chi connectivity index (χ1v) is 15.6. The minimum Gasteiger partial charge on any atom is -0.495 e. The van der Waals surface area contributed by atoms with Gasteiger partial charge in [-0.2, -0.15) is 4.31 Å². The molecule has 1 aliphatic heterocycles. The first kappa shape index (κ1) is 28.1. The molecule has 202 valence electrons. The fraction of sp³-hybridized carbons (Fsp3) is 0.269. The quantitative estimate of drug-likeness (QED) is 0.377. The molecule has 1 N–H and O–H groups in total. The molecule has 1 amide bonds. The fourth-order valence-electron chi connectivity index (χ4n) is 4.19. The Balaban J connectivity index is 1.65. The van der Waals surface area contributed by atoms with Gasteiger partial charge < -0.3 is 10.1 Å². The first-order chi connectivity index (χ1) is 18.1. The maximum atomic E-state index is 13.5. The van der Waals surface area contributed by atoms with Gasteiger partial charge in [0, 0.05) is 17.6 Å². The molecule has 3 aromatic rings. The molecule has 0 atom stereocenters. The molecule has 4 rings (SSSR count). The van der Waals surface area contributed by atoms with Gasteiger partial charge >= 0.3 is 0 Å². The number of ether oxygens (including phenoxy) is 1. The molecule has 0 saturated carbocycles. The van der Waals surface area contributed by atoms with Gasteiger partial charge in [-0.05, 0) is 61.4 Å². The molecular weight excluding hydrogens is 594 g/mol. The molecule has 9 nitrogen and oxygen atoms in total. The second kappa shape index (κ2) is 11.9. The molecule has 0 aromatic heterocycles. The number of methoxy groups -OCH3 is 1. The fourth-order valence-corrected chi connectivity index (χ4v) is 7.55. The van der Waals surface area contributed by atoms with Crippen LogP contribution in [0.4, 0.5) is 11.4 Å². The van der Waals surface area contributed by atoms with E-state index in [4.69, 9.17) is 4.74 Å². The van der Waals surface area contributed by atoms with E-state index in [1.54, 1.807) is 42.5 Å². The Morgan fingerprint density at radius 2 is 1.63 bits per heavy atom. The van der Waals surface area contributed by atoms with Crippen LogP contribution >= 0.6 is 15.9 Å². The predicted molar refractivity (Wildman–Crippen MR) is 149 cm³/mol. The van der Waals surface area contributed by atoms with Crippen molar-refractivity contribution in [2.45, 2.75) is 29.1 Å². The molecule has 1 heterocycles. The van der Waals surface area contributed by atoms with Gasteiger partial charge in [0.25, 0.3) is 10.0 Å². The molecule has 1 saturated heterocycles. The van der Waals surface area contributed by atoms with Crippen LogP contribution in [0, 0.1) is 0 Å². The van der Waals surface area contributed by atoms with E-state index in [1.807, 2.05) is 0 Å². The molecule has 12 heteroatoms. The Morgan fingerprint density at radius 3 is 2.29 bits per heavy atom. The van der Waals surface area contributed by atoms with Gasteiger partial charge in [-0.25, -0.2) is 16.8 Å². The Labute approximate surface area is 231 Å². The summed E-state index contributed by atoms with van der Waals surface area (Å²) >= 11 is 3.35. The van der Waals surface area contributed by atoms with Crippen LogP contribution in [-0.2, 0) is 24.8 Å². The zero-order valence-electron chi connectivity index (χ0n) is 20.7. The number of nitrogens with one attached hydrogen (secondary N) is 1. The molecule has 3 aromatic carbocycles. The maximum Gasteiger partial charge on any atom is 0.264 e. The van der Waals surface area contributed by atoms with Crippen LogP contribution in [0.2, 0.25) is 0 Å². The second-order valence-electron chi connectivity index (χ2n) is 8.68. The minimum atomic E-state index is -4.10.